The maximum absolute atomic E-state index is 12.7. The molecule has 0 unspecified atom stereocenters. The van der Waals surface area contributed by atoms with E-state index in [2.05, 4.69) is 4.98 Å². The van der Waals surface area contributed by atoms with Crippen molar-refractivity contribution >= 4 is 28.6 Å². The fraction of sp³-hybridized carbons (Fsp3) is 0.500. The number of hydrogen-bond donors (Lipinski definition) is 1. The molecule has 0 radical (unpaired) electrons. The molecule has 6 heteroatoms. The largest absolute Gasteiger partial charge is 0.388 e. The number of aliphatic hydroxyl groups is 1. The Hall–Kier alpha value is -1.24. The number of nitrogens with zero attached hydrogens (tertiary/aromatic N) is 2. The van der Waals surface area contributed by atoms with Crippen molar-refractivity contribution in [3.05, 3.63) is 27.4 Å². The number of carbonyl (C=O) groups is 1. The third-order valence-corrected chi connectivity index (χ3v) is 6.05. The Kier molecular flexibility index (Phi) is 4.34. The summed E-state index contributed by atoms with van der Waals surface area (Å²) in [5.74, 6) is -0.0446. The van der Waals surface area contributed by atoms with Gasteiger partial charge in [0.25, 0.3) is 5.91 Å². The van der Waals surface area contributed by atoms with E-state index in [1.807, 2.05) is 23.8 Å². The normalized spacial score (nSPS) is 16.9. The Morgan fingerprint density at radius 1 is 1.45 bits per heavy atom. The summed E-state index contributed by atoms with van der Waals surface area (Å²) < 4.78 is 0. The van der Waals surface area contributed by atoms with Gasteiger partial charge in [0.1, 0.15) is 9.88 Å². The molecule has 3 rings (SSSR count). The third-order valence-electron chi connectivity index (χ3n) is 4.17. The van der Waals surface area contributed by atoms with E-state index in [9.17, 15) is 9.90 Å². The number of rotatable bonds is 4. The molecule has 1 aliphatic carbocycles. The highest BCUT2D eigenvalue weighted by atomic mass is 32.1. The van der Waals surface area contributed by atoms with Crippen molar-refractivity contribution in [2.45, 2.75) is 38.2 Å². The van der Waals surface area contributed by atoms with Crippen molar-refractivity contribution in [2.24, 2.45) is 0 Å². The van der Waals surface area contributed by atoms with Gasteiger partial charge in [-0.1, -0.05) is 12.8 Å². The maximum atomic E-state index is 12.7. The number of carbonyl (C=O) groups excluding carboxylic acids is 1. The average molecular weight is 336 g/mol. The second-order valence-electron chi connectivity index (χ2n) is 6.04. The van der Waals surface area contributed by atoms with Gasteiger partial charge in [-0.05, 0) is 31.2 Å². The van der Waals surface area contributed by atoms with Gasteiger partial charge in [0.2, 0.25) is 0 Å². The Morgan fingerprint density at radius 2 is 2.18 bits per heavy atom. The third kappa shape index (κ3) is 3.09. The molecular weight excluding hydrogens is 316 g/mol. The van der Waals surface area contributed by atoms with Crippen LogP contribution < -0.4 is 0 Å². The monoisotopic (exact) mass is 336 g/mol. The highest BCUT2D eigenvalue weighted by Crippen LogP contribution is 2.32. The predicted molar refractivity (Wildman–Crippen MR) is 90.5 cm³/mol. The molecule has 22 heavy (non-hydrogen) atoms. The van der Waals surface area contributed by atoms with Gasteiger partial charge in [0.15, 0.2) is 0 Å². The van der Waals surface area contributed by atoms with Crippen molar-refractivity contribution in [1.82, 2.24) is 9.88 Å². The molecule has 1 aliphatic rings. The second-order valence-corrected chi connectivity index (χ2v) is 7.82. The second kappa shape index (κ2) is 6.10. The first-order valence-corrected chi connectivity index (χ1v) is 9.22. The van der Waals surface area contributed by atoms with E-state index < -0.39 is 5.60 Å². The van der Waals surface area contributed by atoms with Crippen LogP contribution in [0.15, 0.2) is 16.8 Å². The molecule has 2 heterocycles. The quantitative estimate of drug-likeness (QED) is 0.929. The van der Waals surface area contributed by atoms with E-state index in [0.29, 0.717) is 11.4 Å². The van der Waals surface area contributed by atoms with Crippen LogP contribution in [0, 0.1) is 6.92 Å². The fourth-order valence-corrected chi connectivity index (χ4v) is 4.75. The van der Waals surface area contributed by atoms with E-state index in [0.717, 1.165) is 41.9 Å². The lowest BCUT2D eigenvalue weighted by Gasteiger charge is -2.28. The number of hydrogen-bond acceptors (Lipinski definition) is 5. The van der Waals surface area contributed by atoms with Crippen molar-refractivity contribution in [3.63, 3.8) is 0 Å². The number of likely N-dealkylation sites (N-methyl/N-ethyl adjacent to an activating group) is 1. The van der Waals surface area contributed by atoms with Gasteiger partial charge in [-0.2, -0.15) is 11.3 Å². The molecule has 2 aromatic heterocycles. The molecule has 0 aliphatic heterocycles. The van der Waals surface area contributed by atoms with Gasteiger partial charge in [0.05, 0.1) is 11.3 Å². The van der Waals surface area contributed by atoms with Crippen LogP contribution in [0.3, 0.4) is 0 Å². The number of thiophene rings is 1. The lowest BCUT2D eigenvalue weighted by Crippen LogP contribution is -2.42. The summed E-state index contributed by atoms with van der Waals surface area (Å²) >= 11 is 3.06. The van der Waals surface area contributed by atoms with Crippen molar-refractivity contribution in [2.75, 3.05) is 13.6 Å². The standard InChI is InChI=1S/C16H20N2O2S2/c1-11-13(22-14(17-11)12-5-8-21-9-12)15(19)18(2)10-16(20)6-3-4-7-16/h5,8-9,20H,3-4,6-7,10H2,1-2H3. The topological polar surface area (TPSA) is 53.4 Å². The summed E-state index contributed by atoms with van der Waals surface area (Å²) in [7, 11) is 1.77. The molecule has 1 saturated carbocycles. The molecule has 118 valence electrons. The van der Waals surface area contributed by atoms with Crippen LogP contribution in [0.5, 0.6) is 0 Å². The van der Waals surface area contributed by atoms with Crippen LogP contribution in [0.25, 0.3) is 10.6 Å². The molecule has 1 fully saturated rings. The number of amides is 1. The summed E-state index contributed by atoms with van der Waals surface area (Å²) in [6.45, 7) is 2.27. The summed E-state index contributed by atoms with van der Waals surface area (Å²) in [4.78, 5) is 19.5. The summed E-state index contributed by atoms with van der Waals surface area (Å²) in [6.07, 6.45) is 3.65. The van der Waals surface area contributed by atoms with Crippen LogP contribution in [0.2, 0.25) is 0 Å². The first-order chi connectivity index (χ1) is 10.5. The molecule has 0 bridgehead atoms. The lowest BCUT2D eigenvalue weighted by atomic mass is 10.0. The van der Waals surface area contributed by atoms with Crippen LogP contribution in [-0.2, 0) is 0 Å². The van der Waals surface area contributed by atoms with E-state index >= 15 is 0 Å². The summed E-state index contributed by atoms with van der Waals surface area (Å²) in [5, 5.41) is 15.4. The molecular formula is C16H20N2O2S2. The highest BCUT2D eigenvalue weighted by Gasteiger charge is 2.34. The molecule has 2 aromatic rings. The van der Waals surface area contributed by atoms with Gasteiger partial charge >= 0.3 is 0 Å². The van der Waals surface area contributed by atoms with Crippen molar-refractivity contribution < 1.29 is 9.90 Å². The van der Waals surface area contributed by atoms with E-state index in [4.69, 9.17) is 0 Å². The first kappa shape index (κ1) is 15.6. The molecule has 1 N–H and O–H groups in total. The highest BCUT2D eigenvalue weighted by molar-refractivity contribution is 7.17. The number of aromatic nitrogens is 1. The van der Waals surface area contributed by atoms with Gasteiger partial charge < -0.3 is 10.0 Å². The predicted octanol–water partition coefficient (Wildman–Crippen LogP) is 3.56. The Bertz CT molecular complexity index is 658. The zero-order valence-corrected chi connectivity index (χ0v) is 14.5. The zero-order valence-electron chi connectivity index (χ0n) is 12.8. The molecule has 0 spiro atoms. The van der Waals surface area contributed by atoms with Crippen LogP contribution in [0.1, 0.15) is 41.0 Å². The van der Waals surface area contributed by atoms with Gasteiger partial charge in [0, 0.05) is 24.5 Å². The molecule has 1 amide bonds. The van der Waals surface area contributed by atoms with E-state index in [-0.39, 0.29) is 5.91 Å². The first-order valence-electron chi connectivity index (χ1n) is 7.46. The summed E-state index contributed by atoms with van der Waals surface area (Å²) in [5.41, 5.74) is 1.12. The van der Waals surface area contributed by atoms with Crippen LogP contribution in [0.4, 0.5) is 0 Å². The average Bonchev–Trinajstić information content (AvgIpc) is 3.18. The number of aryl methyl sites for hydroxylation is 1. The maximum Gasteiger partial charge on any atom is 0.265 e. The van der Waals surface area contributed by atoms with E-state index in [1.54, 1.807) is 23.3 Å². The Balaban J connectivity index is 1.77. The minimum absolute atomic E-state index is 0.0446. The smallest absolute Gasteiger partial charge is 0.265 e. The van der Waals surface area contributed by atoms with Gasteiger partial charge in [-0.15, -0.1) is 11.3 Å². The van der Waals surface area contributed by atoms with Crippen molar-refractivity contribution in [3.8, 4) is 10.6 Å². The van der Waals surface area contributed by atoms with E-state index in [1.165, 1.54) is 11.3 Å². The lowest BCUT2D eigenvalue weighted by molar-refractivity contribution is 0.0158. The SMILES string of the molecule is Cc1nc(-c2ccsc2)sc1C(=O)N(C)CC1(O)CCCC1. The van der Waals surface area contributed by atoms with Crippen LogP contribution >= 0.6 is 22.7 Å². The van der Waals surface area contributed by atoms with Crippen molar-refractivity contribution in [1.29, 1.82) is 0 Å². The summed E-state index contributed by atoms with van der Waals surface area (Å²) in [6, 6.07) is 2.02. The van der Waals surface area contributed by atoms with Crippen LogP contribution in [-0.4, -0.2) is 40.1 Å². The molecule has 0 saturated heterocycles. The molecule has 4 nitrogen and oxygen atoms in total. The van der Waals surface area contributed by atoms with Gasteiger partial charge in [-0.3, -0.25) is 4.79 Å². The number of thiazole rings is 1. The molecule has 0 aromatic carbocycles. The minimum atomic E-state index is -0.709. The zero-order chi connectivity index (χ0) is 15.7. The Morgan fingerprint density at radius 3 is 2.82 bits per heavy atom. The Labute approximate surface area is 138 Å². The fourth-order valence-electron chi connectivity index (χ4n) is 2.98. The van der Waals surface area contributed by atoms with Gasteiger partial charge in [-0.25, -0.2) is 4.98 Å². The molecule has 0 atom stereocenters. The minimum Gasteiger partial charge on any atom is -0.388 e.